The summed E-state index contributed by atoms with van der Waals surface area (Å²) in [5.41, 5.74) is 2.85. The highest BCUT2D eigenvalue weighted by Crippen LogP contribution is 2.32. The van der Waals surface area contributed by atoms with Crippen molar-refractivity contribution in [3.63, 3.8) is 0 Å². The van der Waals surface area contributed by atoms with Crippen LogP contribution in [-0.4, -0.2) is 32.6 Å². The van der Waals surface area contributed by atoms with E-state index in [0.717, 1.165) is 0 Å². The van der Waals surface area contributed by atoms with Gasteiger partial charge in [0, 0.05) is 21.3 Å². The van der Waals surface area contributed by atoms with Gasteiger partial charge >= 0.3 is 6.16 Å². The Morgan fingerprint density at radius 2 is 1.43 bits per heavy atom. The Morgan fingerprint density at radius 1 is 1.00 bits per heavy atom. The van der Waals surface area contributed by atoms with Gasteiger partial charge in [0.25, 0.3) is 0 Å². The third kappa shape index (κ3) is 2.78. The zero-order valence-electron chi connectivity index (χ0n) is 8.48. The Hall–Kier alpha value is -0.940. The third-order valence-corrected chi connectivity index (χ3v) is 1.89. The van der Waals surface area contributed by atoms with E-state index < -0.39 is 6.16 Å². The van der Waals surface area contributed by atoms with Crippen LogP contribution in [0.1, 0.15) is 0 Å². The Morgan fingerprint density at radius 3 is 1.50 bits per heavy atom. The second kappa shape index (κ2) is 4.52. The van der Waals surface area contributed by atoms with Crippen molar-refractivity contribution in [2.75, 3.05) is 21.3 Å². The maximum Gasteiger partial charge on any atom is 0.409 e. The smallest absolute Gasteiger partial charge is 0.319 e. The zero-order chi connectivity index (χ0) is 10.6. The summed E-state index contributed by atoms with van der Waals surface area (Å²) in [7, 11) is 3.81. The minimum Gasteiger partial charge on any atom is -0.319 e. The molecule has 4 heteroatoms. The van der Waals surface area contributed by atoms with Crippen molar-refractivity contribution >= 4 is 0 Å². The maximum atomic E-state index is 8.77. The molecule has 1 N–H and O–H groups in total. The van der Waals surface area contributed by atoms with Crippen LogP contribution in [0.2, 0.25) is 0 Å². The van der Waals surface area contributed by atoms with Crippen LogP contribution in [0, 0.1) is 0 Å². The standard InChI is InChI=1S/C6H4.C4H10O4/c1-2-5-4-6(5)3-1;1-6-4(5,7-2)8-3/h1-4H;5H,1-3H3. The Kier molecular flexibility index (Phi) is 3.60. The fourth-order valence-corrected chi connectivity index (χ4v) is 0.926. The number of fused-ring (bicyclic) bond motifs is 1. The van der Waals surface area contributed by atoms with Gasteiger partial charge in [-0.2, -0.15) is 0 Å². The Balaban J connectivity index is 0.000000143. The highest BCUT2D eigenvalue weighted by atomic mass is 17.0. The Bertz CT molecular complexity index is 268. The molecule has 4 nitrogen and oxygen atoms in total. The van der Waals surface area contributed by atoms with Crippen molar-refractivity contribution in [2.24, 2.45) is 0 Å². The summed E-state index contributed by atoms with van der Waals surface area (Å²) in [5.74, 6) is 0. The van der Waals surface area contributed by atoms with E-state index in [1.54, 1.807) is 0 Å². The first-order chi connectivity index (χ1) is 6.65. The molecular weight excluding hydrogens is 184 g/mol. The minimum absolute atomic E-state index is 1.27. The third-order valence-electron chi connectivity index (χ3n) is 1.89. The molecule has 0 fully saturated rings. The highest BCUT2D eigenvalue weighted by molar-refractivity contribution is 5.80. The van der Waals surface area contributed by atoms with Gasteiger partial charge in [0.2, 0.25) is 0 Å². The molecule has 14 heavy (non-hydrogen) atoms. The van der Waals surface area contributed by atoms with E-state index in [4.69, 9.17) is 5.11 Å². The average Bonchev–Trinajstić information content (AvgIpc) is 2.86. The molecule has 78 valence electrons. The number of hydrogen-bond acceptors (Lipinski definition) is 4. The first kappa shape index (κ1) is 11.1. The summed E-state index contributed by atoms with van der Waals surface area (Å²) in [6.07, 6.45) is -1.88. The van der Waals surface area contributed by atoms with Crippen molar-refractivity contribution in [3.05, 3.63) is 24.3 Å². The molecule has 0 saturated carbocycles. The van der Waals surface area contributed by atoms with Crippen LogP contribution in [0.15, 0.2) is 24.3 Å². The van der Waals surface area contributed by atoms with Gasteiger partial charge in [0.15, 0.2) is 0 Å². The predicted octanol–water partition coefficient (Wildman–Crippen LogP) is 1.20. The summed E-state index contributed by atoms with van der Waals surface area (Å²) < 4.78 is 13.0. The lowest BCUT2D eigenvalue weighted by Crippen LogP contribution is -2.35. The van der Waals surface area contributed by atoms with Crippen LogP contribution in [0.25, 0.3) is 11.1 Å². The minimum atomic E-state index is -1.88. The molecule has 0 spiro atoms. The zero-order valence-corrected chi connectivity index (χ0v) is 8.48. The SMILES string of the molecule is COC(O)(OC)OC.c1cc2cc-2c1. The molecule has 0 saturated heterocycles. The van der Waals surface area contributed by atoms with Crippen molar-refractivity contribution < 1.29 is 19.3 Å². The summed E-state index contributed by atoms with van der Waals surface area (Å²) in [6.45, 7) is 0. The van der Waals surface area contributed by atoms with Gasteiger partial charge in [0.05, 0.1) is 0 Å². The molecule has 0 aromatic rings. The number of ether oxygens (including phenoxy) is 3. The summed E-state index contributed by atoms with van der Waals surface area (Å²) in [4.78, 5) is 0. The molecular formula is C10H14O4. The molecule has 0 aliphatic heterocycles. The van der Waals surface area contributed by atoms with Crippen LogP contribution in [-0.2, 0) is 14.2 Å². The van der Waals surface area contributed by atoms with E-state index in [2.05, 4.69) is 38.5 Å². The van der Waals surface area contributed by atoms with Crippen LogP contribution in [0.4, 0.5) is 0 Å². The van der Waals surface area contributed by atoms with Gasteiger partial charge < -0.3 is 19.3 Å². The first-order valence-electron chi connectivity index (χ1n) is 4.13. The summed E-state index contributed by atoms with van der Waals surface area (Å²) in [5, 5.41) is 8.77. The van der Waals surface area contributed by atoms with E-state index >= 15 is 0 Å². The molecule has 2 rings (SSSR count). The monoisotopic (exact) mass is 198 g/mol. The van der Waals surface area contributed by atoms with Crippen LogP contribution < -0.4 is 0 Å². The fourth-order valence-electron chi connectivity index (χ4n) is 0.926. The van der Waals surface area contributed by atoms with E-state index in [0.29, 0.717) is 0 Å². The molecule has 0 bridgehead atoms. The fraction of sp³-hybridized carbons (Fsp3) is 0.400. The van der Waals surface area contributed by atoms with Crippen molar-refractivity contribution in [3.8, 4) is 11.1 Å². The molecule has 2 aliphatic carbocycles. The molecule has 2 aliphatic rings. The number of benzene rings is 1. The van der Waals surface area contributed by atoms with E-state index in [1.165, 1.54) is 32.5 Å². The average molecular weight is 198 g/mol. The van der Waals surface area contributed by atoms with Crippen LogP contribution >= 0.6 is 0 Å². The molecule has 0 amide bonds. The lowest BCUT2D eigenvalue weighted by molar-refractivity contribution is -0.464. The first-order valence-corrected chi connectivity index (χ1v) is 4.13. The summed E-state index contributed by atoms with van der Waals surface area (Å²) >= 11 is 0. The molecule has 0 atom stereocenters. The number of methoxy groups -OCH3 is 3. The van der Waals surface area contributed by atoms with E-state index in [-0.39, 0.29) is 0 Å². The second-order valence-corrected chi connectivity index (χ2v) is 2.72. The molecule has 0 aromatic carbocycles. The maximum absolute atomic E-state index is 8.77. The molecule has 0 aromatic heterocycles. The van der Waals surface area contributed by atoms with Gasteiger partial charge in [-0.1, -0.05) is 18.2 Å². The number of rotatable bonds is 3. The normalized spacial score (nSPS) is 11.7. The van der Waals surface area contributed by atoms with Crippen LogP contribution in [0.3, 0.4) is 0 Å². The quantitative estimate of drug-likeness (QED) is 0.753. The predicted molar refractivity (Wildman–Crippen MR) is 51.4 cm³/mol. The number of hydrogen-bond donors (Lipinski definition) is 1. The lowest BCUT2D eigenvalue weighted by atomic mass is 10.6. The molecule has 0 radical (unpaired) electrons. The van der Waals surface area contributed by atoms with Gasteiger partial charge in [-0.3, -0.25) is 0 Å². The Labute approximate surface area is 83.0 Å². The topological polar surface area (TPSA) is 47.9 Å². The van der Waals surface area contributed by atoms with Crippen molar-refractivity contribution in [1.29, 1.82) is 0 Å². The van der Waals surface area contributed by atoms with Crippen LogP contribution in [0.5, 0.6) is 0 Å². The highest BCUT2D eigenvalue weighted by Gasteiger charge is 2.24. The van der Waals surface area contributed by atoms with E-state index in [9.17, 15) is 0 Å². The molecule has 0 unspecified atom stereocenters. The lowest BCUT2D eigenvalue weighted by Gasteiger charge is -2.20. The largest absolute Gasteiger partial charge is 0.409 e. The number of aliphatic hydroxyl groups is 1. The summed E-state index contributed by atoms with van der Waals surface area (Å²) in [6, 6.07) is 8.48. The van der Waals surface area contributed by atoms with Gasteiger partial charge in [0.1, 0.15) is 0 Å². The molecule has 0 heterocycles. The van der Waals surface area contributed by atoms with Gasteiger partial charge in [-0.25, -0.2) is 0 Å². The van der Waals surface area contributed by atoms with Crippen molar-refractivity contribution in [1.82, 2.24) is 0 Å². The van der Waals surface area contributed by atoms with E-state index in [1.807, 2.05) is 0 Å². The van der Waals surface area contributed by atoms with Crippen molar-refractivity contribution in [2.45, 2.75) is 6.16 Å². The van der Waals surface area contributed by atoms with Gasteiger partial charge in [-0.05, 0) is 17.2 Å². The van der Waals surface area contributed by atoms with Gasteiger partial charge in [-0.15, -0.1) is 0 Å². The second-order valence-electron chi connectivity index (χ2n) is 2.72.